The second-order valence-corrected chi connectivity index (χ2v) is 8.33. The van der Waals surface area contributed by atoms with E-state index >= 15 is 0 Å². The van der Waals surface area contributed by atoms with Crippen LogP contribution in [0.15, 0.2) is 72.1 Å². The maximum atomic E-state index is 11.9. The molecule has 0 aliphatic carbocycles. The van der Waals surface area contributed by atoms with Crippen LogP contribution in [0.4, 0.5) is 0 Å². The lowest BCUT2D eigenvalue weighted by Crippen LogP contribution is -2.46. The molecule has 0 amide bonds. The van der Waals surface area contributed by atoms with Crippen LogP contribution < -0.4 is 4.74 Å². The zero-order valence-electron chi connectivity index (χ0n) is 16.2. The molecule has 3 aromatic rings. The number of carboxylic acid groups (broad SMARTS) is 1. The fourth-order valence-corrected chi connectivity index (χ4v) is 4.88. The van der Waals surface area contributed by atoms with Crippen molar-refractivity contribution in [1.82, 2.24) is 4.90 Å². The Hall–Kier alpha value is -2.63. The fourth-order valence-electron chi connectivity index (χ4n) is 4.01. The van der Waals surface area contributed by atoms with Gasteiger partial charge in [-0.05, 0) is 54.1 Å². The van der Waals surface area contributed by atoms with E-state index in [4.69, 9.17) is 4.74 Å². The van der Waals surface area contributed by atoms with Crippen LogP contribution in [0.25, 0.3) is 0 Å². The van der Waals surface area contributed by atoms with Crippen LogP contribution in [0.3, 0.4) is 0 Å². The lowest BCUT2D eigenvalue weighted by atomic mass is 9.95. The highest BCUT2D eigenvalue weighted by Gasteiger charge is 2.35. The van der Waals surface area contributed by atoms with E-state index in [0.717, 1.165) is 36.3 Å². The number of hydrogen-bond acceptors (Lipinski definition) is 4. The Bertz CT molecular complexity index is 926. The van der Waals surface area contributed by atoms with Gasteiger partial charge in [0, 0.05) is 4.88 Å². The quantitative estimate of drug-likeness (QED) is 0.573. The molecule has 4 rings (SSSR count). The van der Waals surface area contributed by atoms with Gasteiger partial charge >= 0.3 is 5.97 Å². The monoisotopic (exact) mass is 407 g/mol. The third kappa shape index (κ3) is 4.69. The first kappa shape index (κ1) is 19.7. The first-order valence-electron chi connectivity index (χ1n) is 10.0. The molecule has 5 heteroatoms. The molecular weight excluding hydrogens is 382 g/mol. The topological polar surface area (TPSA) is 49.8 Å². The zero-order valence-corrected chi connectivity index (χ0v) is 17.1. The van der Waals surface area contributed by atoms with Crippen molar-refractivity contribution in [1.29, 1.82) is 0 Å². The molecule has 150 valence electrons. The Kier molecular flexibility index (Phi) is 6.27. The van der Waals surface area contributed by atoms with Crippen molar-refractivity contribution in [3.8, 4) is 5.75 Å². The molecule has 1 aliphatic rings. The Balaban J connectivity index is 1.62. The third-order valence-corrected chi connectivity index (χ3v) is 6.32. The summed E-state index contributed by atoms with van der Waals surface area (Å²) in [6.45, 7) is 1.30. The van der Waals surface area contributed by atoms with Crippen LogP contribution in [0.2, 0.25) is 0 Å². The molecule has 1 aromatic heterocycles. The van der Waals surface area contributed by atoms with Gasteiger partial charge in [-0.1, -0.05) is 55.0 Å². The number of carbonyl (C=O) groups is 1. The van der Waals surface area contributed by atoms with Crippen molar-refractivity contribution in [3.63, 3.8) is 0 Å². The molecule has 0 bridgehead atoms. The number of piperidine rings is 1. The number of nitrogens with zero attached hydrogens (tertiary/aromatic N) is 1. The van der Waals surface area contributed by atoms with E-state index in [1.807, 2.05) is 48.5 Å². The van der Waals surface area contributed by atoms with E-state index in [0.29, 0.717) is 13.0 Å². The minimum atomic E-state index is -0.734. The molecule has 1 aliphatic heterocycles. The molecule has 1 saturated heterocycles. The van der Waals surface area contributed by atoms with Gasteiger partial charge in [0.05, 0.1) is 6.04 Å². The third-order valence-electron chi connectivity index (χ3n) is 5.40. The standard InChI is InChI=1S/C24H25NO3S/c26-24(27)21-12-4-5-14-25(21)23(22-13-7-15-29-22)19-10-6-11-20(16-19)28-17-18-8-2-1-3-9-18/h1-3,6-11,13,15-16,21,23H,4-5,12,14,17H2,(H,26,27). The summed E-state index contributed by atoms with van der Waals surface area (Å²) in [4.78, 5) is 15.2. The van der Waals surface area contributed by atoms with Crippen molar-refractivity contribution in [2.24, 2.45) is 0 Å². The normalized spacial score (nSPS) is 18.3. The van der Waals surface area contributed by atoms with E-state index in [1.165, 1.54) is 4.88 Å². The van der Waals surface area contributed by atoms with Gasteiger partial charge in [-0.25, -0.2) is 0 Å². The Morgan fingerprint density at radius 1 is 1.10 bits per heavy atom. The second-order valence-electron chi connectivity index (χ2n) is 7.35. The van der Waals surface area contributed by atoms with Crippen LogP contribution in [-0.2, 0) is 11.4 Å². The smallest absolute Gasteiger partial charge is 0.320 e. The number of thiophene rings is 1. The number of carboxylic acids is 1. The number of aliphatic carboxylic acids is 1. The van der Waals surface area contributed by atoms with Gasteiger partial charge in [0.15, 0.2) is 0 Å². The lowest BCUT2D eigenvalue weighted by molar-refractivity contribution is -0.145. The Morgan fingerprint density at radius 2 is 1.97 bits per heavy atom. The van der Waals surface area contributed by atoms with Gasteiger partial charge in [-0.3, -0.25) is 9.69 Å². The summed E-state index contributed by atoms with van der Waals surface area (Å²) >= 11 is 1.67. The molecule has 0 saturated carbocycles. The molecule has 2 heterocycles. The highest BCUT2D eigenvalue weighted by atomic mass is 32.1. The maximum Gasteiger partial charge on any atom is 0.320 e. The average molecular weight is 408 g/mol. The van der Waals surface area contributed by atoms with Gasteiger partial charge in [0.1, 0.15) is 18.4 Å². The molecule has 2 aromatic carbocycles. The summed E-state index contributed by atoms with van der Waals surface area (Å²) in [5.74, 6) is 0.0690. The van der Waals surface area contributed by atoms with Gasteiger partial charge in [0.25, 0.3) is 0 Å². The van der Waals surface area contributed by atoms with E-state index in [9.17, 15) is 9.90 Å². The van der Waals surface area contributed by atoms with Crippen molar-refractivity contribution >= 4 is 17.3 Å². The molecule has 29 heavy (non-hydrogen) atoms. The van der Waals surface area contributed by atoms with Crippen molar-refractivity contribution in [2.75, 3.05) is 6.54 Å². The van der Waals surface area contributed by atoms with Crippen molar-refractivity contribution in [3.05, 3.63) is 88.1 Å². The van der Waals surface area contributed by atoms with Gasteiger partial charge in [-0.2, -0.15) is 0 Å². The maximum absolute atomic E-state index is 11.9. The zero-order chi connectivity index (χ0) is 20.1. The second kappa shape index (κ2) is 9.25. The number of hydrogen-bond donors (Lipinski definition) is 1. The van der Waals surface area contributed by atoms with Crippen LogP contribution >= 0.6 is 11.3 Å². The fraction of sp³-hybridized carbons (Fsp3) is 0.292. The van der Waals surface area contributed by atoms with Crippen molar-refractivity contribution in [2.45, 2.75) is 38.0 Å². The van der Waals surface area contributed by atoms with Gasteiger partial charge in [-0.15, -0.1) is 11.3 Å². The summed E-state index contributed by atoms with van der Waals surface area (Å²) in [5, 5.41) is 11.9. The number of likely N-dealkylation sites (tertiary alicyclic amines) is 1. The molecule has 1 fully saturated rings. The summed E-state index contributed by atoms with van der Waals surface area (Å²) in [6.07, 6.45) is 2.68. The van der Waals surface area contributed by atoms with E-state index < -0.39 is 12.0 Å². The van der Waals surface area contributed by atoms with Gasteiger partial charge in [0.2, 0.25) is 0 Å². The average Bonchev–Trinajstić information content (AvgIpc) is 3.28. The van der Waals surface area contributed by atoms with Crippen LogP contribution in [0, 0.1) is 0 Å². The number of benzene rings is 2. The summed E-state index contributed by atoms with van der Waals surface area (Å²) in [7, 11) is 0. The highest BCUT2D eigenvalue weighted by Crippen LogP contribution is 2.37. The van der Waals surface area contributed by atoms with Crippen LogP contribution in [0.1, 0.15) is 41.3 Å². The predicted octanol–water partition coefficient (Wildman–Crippen LogP) is 5.36. The number of ether oxygens (including phenoxy) is 1. The number of rotatable bonds is 7. The minimum Gasteiger partial charge on any atom is -0.489 e. The molecule has 0 spiro atoms. The molecule has 0 radical (unpaired) electrons. The van der Waals surface area contributed by atoms with E-state index in [2.05, 4.69) is 28.5 Å². The molecular formula is C24H25NO3S. The molecule has 4 nitrogen and oxygen atoms in total. The first-order chi connectivity index (χ1) is 14.2. The van der Waals surface area contributed by atoms with E-state index in [1.54, 1.807) is 11.3 Å². The Labute approximate surface area is 175 Å². The van der Waals surface area contributed by atoms with Crippen LogP contribution in [0.5, 0.6) is 5.75 Å². The largest absolute Gasteiger partial charge is 0.489 e. The molecule has 1 N–H and O–H groups in total. The van der Waals surface area contributed by atoms with Gasteiger partial charge < -0.3 is 9.84 Å². The minimum absolute atomic E-state index is 0.0725. The summed E-state index contributed by atoms with van der Waals surface area (Å²) in [6, 6.07) is 21.8. The van der Waals surface area contributed by atoms with Crippen LogP contribution in [-0.4, -0.2) is 28.6 Å². The molecule has 2 unspecified atom stereocenters. The highest BCUT2D eigenvalue weighted by molar-refractivity contribution is 7.10. The molecule has 2 atom stereocenters. The summed E-state index contributed by atoms with van der Waals surface area (Å²) in [5.41, 5.74) is 2.20. The Morgan fingerprint density at radius 3 is 2.72 bits per heavy atom. The van der Waals surface area contributed by atoms with E-state index in [-0.39, 0.29) is 6.04 Å². The summed E-state index contributed by atoms with van der Waals surface area (Å²) < 4.78 is 6.03. The lowest BCUT2D eigenvalue weighted by Gasteiger charge is -2.39. The SMILES string of the molecule is O=C(O)C1CCCCN1C(c1cccc(OCc2ccccc2)c1)c1cccs1. The first-order valence-corrected chi connectivity index (χ1v) is 10.9. The predicted molar refractivity (Wildman–Crippen MR) is 115 cm³/mol. The van der Waals surface area contributed by atoms with Crippen molar-refractivity contribution < 1.29 is 14.6 Å².